The van der Waals surface area contributed by atoms with E-state index in [0.29, 0.717) is 11.3 Å². The van der Waals surface area contributed by atoms with E-state index in [0.717, 1.165) is 12.8 Å². The fourth-order valence-corrected chi connectivity index (χ4v) is 3.12. The van der Waals surface area contributed by atoms with Crippen molar-refractivity contribution in [1.82, 2.24) is 0 Å². The normalized spacial score (nSPS) is 20.3. The van der Waals surface area contributed by atoms with Crippen molar-refractivity contribution in [2.24, 2.45) is 10.9 Å². The quantitative estimate of drug-likeness (QED) is 0.624. The standard InChI is InChI=1S/C21H14ClF3N4/c22-15-5-8-18-17(11-15)20(21(23,24)25,10-9-13-1-2-13)29-19(28-18)27-16-6-3-14(12-26)4-7-16/h3-8,11,13H,1-2H2,(H2,27,28,29). The van der Waals surface area contributed by atoms with Gasteiger partial charge >= 0.3 is 6.18 Å². The van der Waals surface area contributed by atoms with Gasteiger partial charge in [0.2, 0.25) is 11.5 Å². The summed E-state index contributed by atoms with van der Waals surface area (Å²) in [4.78, 5) is 3.98. The van der Waals surface area contributed by atoms with Gasteiger partial charge in [0.25, 0.3) is 0 Å². The topological polar surface area (TPSA) is 60.2 Å². The van der Waals surface area contributed by atoms with Gasteiger partial charge in [0.15, 0.2) is 0 Å². The second kappa shape index (κ2) is 7.02. The molecule has 2 aliphatic rings. The number of hydrogen-bond acceptors (Lipinski definition) is 4. The zero-order chi connectivity index (χ0) is 20.6. The molecule has 0 amide bonds. The van der Waals surface area contributed by atoms with Gasteiger partial charge in [0.1, 0.15) is 0 Å². The van der Waals surface area contributed by atoms with Gasteiger partial charge in [-0.25, -0.2) is 4.99 Å². The van der Waals surface area contributed by atoms with Crippen molar-refractivity contribution in [3.63, 3.8) is 0 Å². The molecule has 1 heterocycles. The molecule has 0 bridgehead atoms. The van der Waals surface area contributed by atoms with Crippen LogP contribution in [0.3, 0.4) is 0 Å². The minimum atomic E-state index is -4.76. The molecule has 1 fully saturated rings. The van der Waals surface area contributed by atoms with Gasteiger partial charge in [-0.2, -0.15) is 18.4 Å². The summed E-state index contributed by atoms with van der Waals surface area (Å²) in [6, 6.07) is 12.5. The number of nitrogens with one attached hydrogen (secondary N) is 2. The second-order valence-electron chi connectivity index (χ2n) is 6.84. The van der Waals surface area contributed by atoms with Crippen LogP contribution in [0, 0.1) is 29.1 Å². The van der Waals surface area contributed by atoms with Crippen molar-refractivity contribution in [3.8, 4) is 17.9 Å². The summed E-state index contributed by atoms with van der Waals surface area (Å²) in [6.45, 7) is 0. The van der Waals surface area contributed by atoms with Crippen molar-refractivity contribution in [1.29, 1.82) is 5.26 Å². The Balaban J connectivity index is 1.82. The monoisotopic (exact) mass is 414 g/mol. The highest BCUT2D eigenvalue weighted by Crippen LogP contribution is 2.48. The molecule has 29 heavy (non-hydrogen) atoms. The lowest BCUT2D eigenvalue weighted by molar-refractivity contribution is -0.170. The molecule has 0 radical (unpaired) electrons. The Hall–Kier alpha value is -3.16. The van der Waals surface area contributed by atoms with Crippen LogP contribution in [0.4, 0.5) is 24.5 Å². The van der Waals surface area contributed by atoms with E-state index in [1.165, 1.54) is 18.2 Å². The number of hydrogen-bond donors (Lipinski definition) is 2. The molecule has 0 saturated heterocycles. The van der Waals surface area contributed by atoms with E-state index >= 15 is 0 Å². The lowest BCUT2D eigenvalue weighted by Gasteiger charge is -2.34. The summed E-state index contributed by atoms with van der Waals surface area (Å²) in [5.74, 6) is 5.01. The number of nitriles is 1. The lowest BCUT2D eigenvalue weighted by atomic mass is 9.87. The van der Waals surface area contributed by atoms with Crippen LogP contribution in [0.25, 0.3) is 0 Å². The van der Waals surface area contributed by atoms with Crippen LogP contribution in [0.2, 0.25) is 5.02 Å². The average Bonchev–Trinajstić information content (AvgIpc) is 3.51. The Morgan fingerprint density at radius 3 is 2.52 bits per heavy atom. The highest BCUT2D eigenvalue weighted by Gasteiger charge is 2.58. The minimum Gasteiger partial charge on any atom is -0.326 e. The van der Waals surface area contributed by atoms with E-state index in [1.54, 1.807) is 24.3 Å². The first-order valence-corrected chi connectivity index (χ1v) is 9.22. The fourth-order valence-electron chi connectivity index (χ4n) is 2.95. The van der Waals surface area contributed by atoms with Crippen molar-refractivity contribution < 1.29 is 13.2 Å². The molecule has 4 nitrogen and oxygen atoms in total. The van der Waals surface area contributed by atoms with Crippen LogP contribution in [-0.4, -0.2) is 12.1 Å². The zero-order valence-electron chi connectivity index (χ0n) is 14.9. The highest BCUT2D eigenvalue weighted by molar-refractivity contribution is 6.30. The maximum atomic E-state index is 14.3. The van der Waals surface area contributed by atoms with E-state index in [2.05, 4.69) is 27.5 Å². The molecule has 0 aromatic heterocycles. The molecule has 2 aromatic carbocycles. The third-order valence-electron chi connectivity index (χ3n) is 4.63. The fraction of sp³-hybridized carbons (Fsp3) is 0.238. The molecule has 2 N–H and O–H groups in total. The number of nitrogens with zero attached hydrogens (tertiary/aromatic N) is 2. The molecule has 1 aliphatic carbocycles. The zero-order valence-corrected chi connectivity index (χ0v) is 15.7. The van der Waals surface area contributed by atoms with Gasteiger partial charge < -0.3 is 10.6 Å². The van der Waals surface area contributed by atoms with Crippen LogP contribution < -0.4 is 10.6 Å². The molecule has 2 aromatic rings. The first-order chi connectivity index (χ1) is 13.8. The molecule has 1 atom stereocenters. The summed E-state index contributed by atoms with van der Waals surface area (Å²) in [5, 5.41) is 14.8. The SMILES string of the molecule is N#Cc1ccc(NC2=NC(C#CC3CC3)(C(F)(F)F)c3cc(Cl)ccc3N2)cc1. The Morgan fingerprint density at radius 2 is 1.90 bits per heavy atom. The minimum absolute atomic E-state index is 0.0307. The van der Waals surface area contributed by atoms with Crippen molar-refractivity contribution in [2.45, 2.75) is 24.6 Å². The Bertz CT molecular complexity index is 1090. The highest BCUT2D eigenvalue weighted by atomic mass is 35.5. The number of anilines is 2. The van der Waals surface area contributed by atoms with E-state index in [-0.39, 0.29) is 28.2 Å². The Labute approximate surface area is 170 Å². The van der Waals surface area contributed by atoms with E-state index in [9.17, 15) is 13.2 Å². The van der Waals surface area contributed by atoms with E-state index < -0.39 is 11.7 Å². The van der Waals surface area contributed by atoms with Gasteiger partial charge in [-0.3, -0.25) is 0 Å². The van der Waals surface area contributed by atoms with Gasteiger partial charge in [-0.05, 0) is 55.3 Å². The van der Waals surface area contributed by atoms with Crippen molar-refractivity contribution >= 4 is 28.9 Å². The van der Waals surface area contributed by atoms with Gasteiger partial charge in [0.05, 0.1) is 11.6 Å². The number of guanidine groups is 1. The van der Waals surface area contributed by atoms with Gasteiger partial charge in [-0.1, -0.05) is 23.4 Å². The third kappa shape index (κ3) is 3.74. The largest absolute Gasteiger partial charge is 0.429 e. The van der Waals surface area contributed by atoms with E-state index in [1.807, 2.05) is 6.07 Å². The summed E-state index contributed by atoms with van der Waals surface area (Å²) in [5.41, 5.74) is -1.71. The number of rotatable bonds is 1. The van der Waals surface area contributed by atoms with Crippen LogP contribution in [-0.2, 0) is 5.54 Å². The first kappa shape index (κ1) is 19.2. The van der Waals surface area contributed by atoms with Crippen LogP contribution in [0.5, 0.6) is 0 Å². The van der Waals surface area contributed by atoms with Crippen LogP contribution >= 0.6 is 11.6 Å². The smallest absolute Gasteiger partial charge is 0.326 e. The van der Waals surface area contributed by atoms with Crippen molar-refractivity contribution in [3.05, 3.63) is 58.6 Å². The summed E-state index contributed by atoms with van der Waals surface area (Å²) < 4.78 is 43.0. The molecule has 1 aliphatic heterocycles. The van der Waals surface area contributed by atoms with Crippen LogP contribution in [0.1, 0.15) is 24.0 Å². The van der Waals surface area contributed by atoms with Crippen molar-refractivity contribution in [2.75, 3.05) is 10.6 Å². The predicted octanol–water partition coefficient (Wildman–Crippen LogP) is 5.28. The van der Waals surface area contributed by atoms with Crippen LogP contribution in [0.15, 0.2) is 47.5 Å². The molecule has 1 unspecified atom stereocenters. The summed E-state index contributed by atoms with van der Waals surface area (Å²) >= 11 is 5.99. The van der Waals surface area contributed by atoms with E-state index in [4.69, 9.17) is 16.9 Å². The summed E-state index contributed by atoms with van der Waals surface area (Å²) in [7, 11) is 0. The molecule has 0 spiro atoms. The number of halogens is 4. The molecular formula is C21H14ClF3N4. The molecular weight excluding hydrogens is 401 g/mol. The lowest BCUT2D eigenvalue weighted by Crippen LogP contribution is -2.45. The number of aliphatic imine (C=N–C) groups is 1. The number of alkyl halides is 3. The molecule has 1 saturated carbocycles. The van der Waals surface area contributed by atoms with Gasteiger partial charge in [0, 0.05) is 27.9 Å². The average molecular weight is 415 g/mol. The molecule has 4 rings (SSSR count). The molecule has 146 valence electrons. The predicted molar refractivity (Wildman–Crippen MR) is 106 cm³/mol. The first-order valence-electron chi connectivity index (χ1n) is 8.84. The second-order valence-corrected chi connectivity index (χ2v) is 7.28. The summed E-state index contributed by atoms with van der Waals surface area (Å²) in [6.07, 6.45) is -3.17. The maximum absolute atomic E-state index is 14.3. The third-order valence-corrected chi connectivity index (χ3v) is 4.86. The maximum Gasteiger partial charge on any atom is 0.429 e. The van der Waals surface area contributed by atoms with Gasteiger partial charge in [-0.15, -0.1) is 0 Å². The number of benzene rings is 2. The Kier molecular flexibility index (Phi) is 4.64. The number of fused-ring (bicyclic) bond motifs is 1. The molecule has 8 heteroatoms. The Morgan fingerprint density at radius 1 is 1.17 bits per heavy atom.